The van der Waals surface area contributed by atoms with Gasteiger partial charge in [-0.1, -0.05) is 57.9 Å². The fraction of sp³-hybridized carbons (Fsp3) is 0.294. The van der Waals surface area contributed by atoms with Crippen LogP contribution in [0.4, 0.5) is 0 Å². The average Bonchev–Trinajstić information content (AvgIpc) is 2.40. The topological polar surface area (TPSA) is 12.0 Å². The van der Waals surface area contributed by atoms with E-state index >= 15 is 0 Å². The molecule has 0 amide bonds. The van der Waals surface area contributed by atoms with E-state index in [-0.39, 0.29) is 0 Å². The van der Waals surface area contributed by atoms with Gasteiger partial charge < -0.3 is 5.32 Å². The predicted molar refractivity (Wildman–Crippen MR) is 90.3 cm³/mol. The standard InChI is InChI=1S/C17H19BrClN/c1-12-5-3-4-6-14(12)9-13(2)20-11-15-7-8-16(19)10-17(15)18/h3-8,10,13,20H,9,11H2,1-2H3. The van der Waals surface area contributed by atoms with E-state index in [4.69, 9.17) is 11.6 Å². The molecular weight excluding hydrogens is 334 g/mol. The summed E-state index contributed by atoms with van der Waals surface area (Å²) in [6.45, 7) is 5.22. The molecule has 2 aromatic carbocycles. The lowest BCUT2D eigenvalue weighted by atomic mass is 10.0. The van der Waals surface area contributed by atoms with Gasteiger partial charge in [-0.15, -0.1) is 0 Å². The van der Waals surface area contributed by atoms with Crippen molar-refractivity contribution >= 4 is 27.5 Å². The van der Waals surface area contributed by atoms with Crippen molar-refractivity contribution in [3.05, 3.63) is 68.7 Å². The molecule has 1 atom stereocenters. The minimum absolute atomic E-state index is 0.429. The minimum Gasteiger partial charge on any atom is -0.310 e. The molecule has 0 aliphatic heterocycles. The second-order valence-corrected chi connectivity index (χ2v) is 6.44. The fourth-order valence-electron chi connectivity index (χ4n) is 2.19. The van der Waals surface area contributed by atoms with E-state index in [1.165, 1.54) is 16.7 Å². The fourth-order valence-corrected chi connectivity index (χ4v) is 3.01. The van der Waals surface area contributed by atoms with Crippen LogP contribution in [0.25, 0.3) is 0 Å². The van der Waals surface area contributed by atoms with Crippen LogP contribution in [0.5, 0.6) is 0 Å². The minimum atomic E-state index is 0.429. The molecule has 1 unspecified atom stereocenters. The summed E-state index contributed by atoms with van der Waals surface area (Å²) >= 11 is 9.51. The van der Waals surface area contributed by atoms with Crippen LogP contribution in [-0.2, 0) is 13.0 Å². The Morgan fingerprint density at radius 1 is 1.15 bits per heavy atom. The Balaban J connectivity index is 1.92. The van der Waals surface area contributed by atoms with Crippen LogP contribution in [0.1, 0.15) is 23.6 Å². The smallest absolute Gasteiger partial charge is 0.0417 e. The van der Waals surface area contributed by atoms with E-state index in [1.807, 2.05) is 12.1 Å². The van der Waals surface area contributed by atoms with Gasteiger partial charge in [-0.2, -0.15) is 0 Å². The number of hydrogen-bond donors (Lipinski definition) is 1. The zero-order valence-electron chi connectivity index (χ0n) is 11.8. The van der Waals surface area contributed by atoms with E-state index in [0.29, 0.717) is 6.04 Å². The summed E-state index contributed by atoms with van der Waals surface area (Å²) in [4.78, 5) is 0. The summed E-state index contributed by atoms with van der Waals surface area (Å²) in [6, 6.07) is 14.9. The monoisotopic (exact) mass is 351 g/mol. The number of benzene rings is 2. The normalized spacial score (nSPS) is 12.4. The molecule has 0 saturated heterocycles. The first-order valence-corrected chi connectivity index (χ1v) is 7.95. The van der Waals surface area contributed by atoms with Crippen LogP contribution < -0.4 is 5.32 Å². The third-order valence-electron chi connectivity index (χ3n) is 3.44. The molecule has 0 radical (unpaired) electrons. The van der Waals surface area contributed by atoms with Gasteiger partial charge in [0.05, 0.1) is 0 Å². The average molecular weight is 353 g/mol. The number of nitrogens with one attached hydrogen (secondary N) is 1. The van der Waals surface area contributed by atoms with Crippen molar-refractivity contribution < 1.29 is 0 Å². The van der Waals surface area contributed by atoms with Crippen LogP contribution in [0, 0.1) is 6.92 Å². The molecule has 20 heavy (non-hydrogen) atoms. The van der Waals surface area contributed by atoms with Crippen molar-refractivity contribution in [2.24, 2.45) is 0 Å². The van der Waals surface area contributed by atoms with Crippen LogP contribution in [0.2, 0.25) is 5.02 Å². The largest absolute Gasteiger partial charge is 0.310 e. The Morgan fingerprint density at radius 3 is 2.60 bits per heavy atom. The molecule has 1 nitrogen and oxygen atoms in total. The van der Waals surface area contributed by atoms with Gasteiger partial charge in [0.2, 0.25) is 0 Å². The summed E-state index contributed by atoms with van der Waals surface area (Å²) < 4.78 is 1.06. The van der Waals surface area contributed by atoms with Gasteiger partial charge in [0.25, 0.3) is 0 Å². The molecule has 0 spiro atoms. The maximum Gasteiger partial charge on any atom is 0.0417 e. The van der Waals surface area contributed by atoms with Gasteiger partial charge in [0.15, 0.2) is 0 Å². The molecule has 0 aromatic heterocycles. The summed E-state index contributed by atoms with van der Waals surface area (Å²) in [5.41, 5.74) is 3.99. The van der Waals surface area contributed by atoms with Gasteiger partial charge in [0.1, 0.15) is 0 Å². The molecule has 0 saturated carbocycles. The number of hydrogen-bond acceptors (Lipinski definition) is 1. The Labute approximate surface area is 134 Å². The van der Waals surface area contributed by atoms with Crippen LogP contribution in [0.15, 0.2) is 46.9 Å². The highest BCUT2D eigenvalue weighted by Crippen LogP contribution is 2.21. The third kappa shape index (κ3) is 4.34. The highest BCUT2D eigenvalue weighted by molar-refractivity contribution is 9.10. The molecule has 0 fully saturated rings. The van der Waals surface area contributed by atoms with Crippen LogP contribution >= 0.6 is 27.5 Å². The quantitative estimate of drug-likeness (QED) is 0.786. The summed E-state index contributed by atoms with van der Waals surface area (Å²) in [5.74, 6) is 0. The molecule has 0 bridgehead atoms. The number of halogens is 2. The Morgan fingerprint density at radius 2 is 1.90 bits per heavy atom. The summed E-state index contributed by atoms with van der Waals surface area (Å²) in [7, 11) is 0. The maximum atomic E-state index is 5.95. The second-order valence-electron chi connectivity index (χ2n) is 5.15. The zero-order valence-corrected chi connectivity index (χ0v) is 14.1. The molecule has 106 valence electrons. The summed E-state index contributed by atoms with van der Waals surface area (Å²) in [6.07, 6.45) is 1.04. The molecule has 0 heterocycles. The van der Waals surface area contributed by atoms with Gasteiger partial charge >= 0.3 is 0 Å². The summed E-state index contributed by atoms with van der Waals surface area (Å²) in [5, 5.41) is 4.32. The SMILES string of the molecule is Cc1ccccc1CC(C)NCc1ccc(Cl)cc1Br. The lowest BCUT2D eigenvalue weighted by Gasteiger charge is -2.16. The Hall–Kier alpha value is -0.830. The van der Waals surface area contributed by atoms with E-state index in [9.17, 15) is 0 Å². The Kier molecular flexibility index (Phi) is 5.64. The van der Waals surface area contributed by atoms with Gasteiger partial charge in [-0.3, -0.25) is 0 Å². The van der Waals surface area contributed by atoms with E-state index in [0.717, 1.165) is 22.5 Å². The molecule has 3 heteroatoms. The number of rotatable bonds is 5. The lowest BCUT2D eigenvalue weighted by Crippen LogP contribution is -2.27. The van der Waals surface area contributed by atoms with Crippen LogP contribution in [-0.4, -0.2) is 6.04 Å². The second kappa shape index (κ2) is 7.26. The predicted octanol–water partition coefficient (Wildman–Crippen LogP) is 5.13. The third-order valence-corrected chi connectivity index (χ3v) is 4.42. The van der Waals surface area contributed by atoms with Crippen molar-refractivity contribution in [3.63, 3.8) is 0 Å². The zero-order chi connectivity index (χ0) is 14.5. The highest BCUT2D eigenvalue weighted by atomic mass is 79.9. The molecule has 0 aliphatic rings. The molecule has 2 rings (SSSR count). The first kappa shape index (κ1) is 15.6. The van der Waals surface area contributed by atoms with Crippen molar-refractivity contribution in [3.8, 4) is 0 Å². The van der Waals surface area contributed by atoms with Crippen molar-refractivity contribution in [2.75, 3.05) is 0 Å². The van der Waals surface area contributed by atoms with Gasteiger partial charge in [-0.25, -0.2) is 0 Å². The van der Waals surface area contributed by atoms with E-state index in [1.54, 1.807) is 0 Å². The van der Waals surface area contributed by atoms with Gasteiger partial charge in [0, 0.05) is 22.1 Å². The van der Waals surface area contributed by atoms with E-state index in [2.05, 4.69) is 65.4 Å². The number of aryl methyl sites for hydroxylation is 1. The lowest BCUT2D eigenvalue weighted by molar-refractivity contribution is 0.544. The highest BCUT2D eigenvalue weighted by Gasteiger charge is 2.07. The van der Waals surface area contributed by atoms with Crippen LogP contribution in [0.3, 0.4) is 0 Å². The molecule has 1 N–H and O–H groups in total. The first-order chi connectivity index (χ1) is 9.56. The first-order valence-electron chi connectivity index (χ1n) is 6.78. The van der Waals surface area contributed by atoms with Crippen molar-refractivity contribution in [2.45, 2.75) is 32.9 Å². The van der Waals surface area contributed by atoms with Crippen molar-refractivity contribution in [1.29, 1.82) is 0 Å². The van der Waals surface area contributed by atoms with E-state index < -0.39 is 0 Å². The molecular formula is C17H19BrClN. The van der Waals surface area contributed by atoms with Gasteiger partial charge in [-0.05, 0) is 49.1 Å². The molecule has 0 aliphatic carbocycles. The van der Waals surface area contributed by atoms with Crippen molar-refractivity contribution in [1.82, 2.24) is 5.32 Å². The molecule has 2 aromatic rings. The Bertz CT molecular complexity index is 583. The maximum absolute atomic E-state index is 5.95.